The maximum atomic E-state index is 14.0. The molecule has 37 heavy (non-hydrogen) atoms. The van der Waals surface area contributed by atoms with Crippen molar-refractivity contribution in [2.45, 2.75) is 29.2 Å². The summed E-state index contributed by atoms with van der Waals surface area (Å²) in [5.74, 6) is -0.524. The molecular formula is C28H27N3O4S2. The molecule has 9 heteroatoms. The third-order valence-corrected chi connectivity index (χ3v) is 10.7. The molecule has 7 nitrogen and oxygen atoms in total. The zero-order valence-corrected chi connectivity index (χ0v) is 22.6. The average Bonchev–Trinajstić information content (AvgIpc) is 2.88. The van der Waals surface area contributed by atoms with Crippen LogP contribution in [0.25, 0.3) is 0 Å². The first-order valence-corrected chi connectivity index (χ1v) is 14.6. The Balaban J connectivity index is 1.83. The molecule has 0 amide bonds. The van der Waals surface area contributed by atoms with Crippen LogP contribution in [-0.4, -0.2) is 28.8 Å². The molecule has 190 valence electrons. The first-order chi connectivity index (χ1) is 17.6. The molecule has 2 atom stereocenters. The summed E-state index contributed by atoms with van der Waals surface area (Å²) in [6.07, 6.45) is 1.74. The summed E-state index contributed by atoms with van der Waals surface area (Å²) in [5.41, 5.74) is 3.35. The number of hydrogen-bond acceptors (Lipinski definition) is 6. The molecule has 1 aromatic heterocycles. The first kappa shape index (κ1) is 25.1. The highest BCUT2D eigenvalue weighted by molar-refractivity contribution is 8.13. The highest BCUT2D eigenvalue weighted by Crippen LogP contribution is 2.51. The molecular weight excluding hydrogens is 506 g/mol. The number of nitrogens with zero attached hydrogens (tertiary/aromatic N) is 2. The van der Waals surface area contributed by atoms with Crippen LogP contribution in [0, 0.1) is 13.8 Å². The molecule has 0 radical (unpaired) electrons. The molecule has 1 aliphatic rings. The largest absolute Gasteiger partial charge is 0.329 e. The second kappa shape index (κ2) is 9.39. The summed E-state index contributed by atoms with van der Waals surface area (Å²) < 4.78 is 28.1. The van der Waals surface area contributed by atoms with E-state index in [4.69, 9.17) is 0 Å². The number of aromatic amines is 1. The molecule has 1 N–H and O–H groups in total. The molecule has 0 aliphatic carbocycles. The second-order valence-corrected chi connectivity index (χ2v) is 12.6. The standard InChI is InChI=1S/C28H27N3O4S2/c1-17-9-13-19(14-10-17)31-22-8-6-5-7-21(22)23(24-25(31)29-28(33)30(3)26(24)32)27(36-4)37(34,35)20-15-11-18(2)12-16-20/h5-16,23,27H,1-4H3,(H,29,33)/t23-,27+/m0/s1. The Labute approximate surface area is 219 Å². The van der Waals surface area contributed by atoms with Crippen molar-refractivity contribution >= 4 is 38.8 Å². The van der Waals surface area contributed by atoms with E-state index in [9.17, 15) is 18.0 Å². The van der Waals surface area contributed by atoms with Crippen molar-refractivity contribution in [3.05, 3.63) is 116 Å². The summed E-state index contributed by atoms with van der Waals surface area (Å²) in [4.78, 5) is 31.4. The van der Waals surface area contributed by atoms with Gasteiger partial charge in [-0.2, -0.15) is 0 Å². The predicted molar refractivity (Wildman–Crippen MR) is 149 cm³/mol. The number of aryl methyl sites for hydroxylation is 2. The lowest BCUT2D eigenvalue weighted by Gasteiger charge is -2.39. The van der Waals surface area contributed by atoms with E-state index in [2.05, 4.69) is 4.98 Å². The van der Waals surface area contributed by atoms with Gasteiger partial charge in [0.15, 0.2) is 9.84 Å². The molecule has 0 spiro atoms. The molecule has 2 heterocycles. The number of nitrogens with one attached hydrogen (secondary N) is 1. The van der Waals surface area contributed by atoms with E-state index >= 15 is 0 Å². The number of sulfone groups is 1. The first-order valence-electron chi connectivity index (χ1n) is 11.8. The number of hydrogen-bond donors (Lipinski definition) is 1. The smallest absolute Gasteiger partial charge is 0.296 e. The lowest BCUT2D eigenvalue weighted by atomic mass is 9.87. The maximum Gasteiger partial charge on any atom is 0.329 e. The fourth-order valence-corrected chi connectivity index (χ4v) is 8.19. The van der Waals surface area contributed by atoms with Crippen LogP contribution in [0.1, 0.15) is 28.2 Å². The van der Waals surface area contributed by atoms with Gasteiger partial charge in [-0.1, -0.05) is 53.6 Å². The minimum absolute atomic E-state index is 0.193. The number of thioether (sulfide) groups is 1. The number of anilines is 3. The molecule has 3 aromatic carbocycles. The van der Waals surface area contributed by atoms with Crippen LogP contribution in [0.15, 0.2) is 87.3 Å². The van der Waals surface area contributed by atoms with Crippen molar-refractivity contribution in [2.24, 2.45) is 7.05 Å². The van der Waals surface area contributed by atoms with E-state index in [0.29, 0.717) is 17.1 Å². The lowest BCUT2D eigenvalue weighted by Crippen LogP contribution is -2.43. The maximum absolute atomic E-state index is 14.0. The number of H-pyrrole nitrogens is 1. The van der Waals surface area contributed by atoms with Gasteiger partial charge in [-0.25, -0.2) is 13.2 Å². The SMILES string of the molecule is CS[C@@H]([C@H]1c2ccccc2N(c2ccc(C)cc2)c2[nH]c(=O)n(C)c(=O)c21)S(=O)(=O)c1ccc(C)cc1. The van der Waals surface area contributed by atoms with E-state index in [-0.39, 0.29) is 10.5 Å². The zero-order valence-electron chi connectivity index (χ0n) is 20.9. The van der Waals surface area contributed by atoms with Crippen LogP contribution < -0.4 is 16.1 Å². The van der Waals surface area contributed by atoms with Crippen LogP contribution in [0.4, 0.5) is 17.2 Å². The fourth-order valence-electron chi connectivity index (χ4n) is 4.86. The predicted octanol–water partition coefficient (Wildman–Crippen LogP) is 4.77. The summed E-state index contributed by atoms with van der Waals surface area (Å²) in [6, 6.07) is 21.9. The van der Waals surface area contributed by atoms with Gasteiger partial charge in [0.2, 0.25) is 0 Å². The molecule has 0 saturated carbocycles. The minimum Gasteiger partial charge on any atom is -0.296 e. The molecule has 0 unspecified atom stereocenters. The van der Waals surface area contributed by atoms with Gasteiger partial charge in [0.05, 0.1) is 16.1 Å². The van der Waals surface area contributed by atoms with Gasteiger partial charge in [0.1, 0.15) is 10.4 Å². The van der Waals surface area contributed by atoms with Crippen LogP contribution in [0.5, 0.6) is 0 Å². The molecule has 4 aromatic rings. The summed E-state index contributed by atoms with van der Waals surface area (Å²) in [5, 5.41) is 0. The van der Waals surface area contributed by atoms with Gasteiger partial charge in [-0.3, -0.25) is 19.2 Å². The van der Waals surface area contributed by atoms with Gasteiger partial charge in [0.25, 0.3) is 5.56 Å². The molecule has 1 aliphatic heterocycles. The van der Waals surface area contributed by atoms with Crippen LogP contribution in [-0.2, 0) is 16.9 Å². The Kier molecular flexibility index (Phi) is 6.37. The minimum atomic E-state index is -3.88. The Bertz CT molecular complexity index is 1710. The topological polar surface area (TPSA) is 92.2 Å². The van der Waals surface area contributed by atoms with E-state index in [1.54, 1.807) is 30.5 Å². The zero-order chi connectivity index (χ0) is 26.5. The van der Waals surface area contributed by atoms with Crippen LogP contribution in [0.3, 0.4) is 0 Å². The van der Waals surface area contributed by atoms with Crippen molar-refractivity contribution in [1.82, 2.24) is 9.55 Å². The van der Waals surface area contributed by atoms with E-state index in [1.165, 1.54) is 18.8 Å². The molecule has 5 rings (SSSR count). The number of benzene rings is 3. The number of fused-ring (bicyclic) bond motifs is 2. The Morgan fingerprint density at radius 1 is 0.892 bits per heavy atom. The normalized spacial score (nSPS) is 15.7. The summed E-state index contributed by atoms with van der Waals surface area (Å²) >= 11 is 1.18. The van der Waals surface area contributed by atoms with Crippen LogP contribution in [0.2, 0.25) is 0 Å². The van der Waals surface area contributed by atoms with Crippen LogP contribution >= 0.6 is 11.8 Å². The number of rotatable bonds is 5. The highest BCUT2D eigenvalue weighted by Gasteiger charge is 2.44. The second-order valence-electron chi connectivity index (χ2n) is 9.23. The van der Waals surface area contributed by atoms with Gasteiger partial charge in [-0.15, -0.1) is 11.8 Å². The highest BCUT2D eigenvalue weighted by atomic mass is 32.3. The van der Waals surface area contributed by atoms with Gasteiger partial charge in [0, 0.05) is 18.7 Å². The van der Waals surface area contributed by atoms with Gasteiger partial charge < -0.3 is 0 Å². The number of para-hydroxylation sites is 1. The van der Waals surface area contributed by atoms with Gasteiger partial charge >= 0.3 is 5.69 Å². The summed E-state index contributed by atoms with van der Waals surface area (Å²) in [6.45, 7) is 3.88. The Hall–Kier alpha value is -3.56. The third-order valence-electron chi connectivity index (χ3n) is 6.82. The van der Waals surface area contributed by atoms with Crippen molar-refractivity contribution in [1.29, 1.82) is 0 Å². The van der Waals surface area contributed by atoms with Crippen molar-refractivity contribution in [2.75, 3.05) is 11.2 Å². The average molecular weight is 534 g/mol. The van der Waals surface area contributed by atoms with Crippen molar-refractivity contribution in [3.63, 3.8) is 0 Å². The van der Waals surface area contributed by atoms with E-state index in [0.717, 1.165) is 21.4 Å². The number of aromatic nitrogens is 2. The van der Waals surface area contributed by atoms with E-state index in [1.807, 2.05) is 67.3 Å². The summed E-state index contributed by atoms with van der Waals surface area (Å²) in [7, 11) is -2.48. The van der Waals surface area contributed by atoms with Gasteiger partial charge in [-0.05, 0) is 56.0 Å². The Morgan fingerprint density at radius 2 is 1.49 bits per heavy atom. The third kappa shape index (κ3) is 4.12. The lowest BCUT2D eigenvalue weighted by molar-refractivity contribution is 0.586. The Morgan fingerprint density at radius 3 is 2.11 bits per heavy atom. The molecule has 0 bridgehead atoms. The quantitative estimate of drug-likeness (QED) is 0.397. The van der Waals surface area contributed by atoms with Crippen molar-refractivity contribution < 1.29 is 8.42 Å². The molecule has 0 saturated heterocycles. The van der Waals surface area contributed by atoms with Crippen molar-refractivity contribution in [3.8, 4) is 0 Å². The van der Waals surface area contributed by atoms with E-state index < -0.39 is 31.6 Å². The monoisotopic (exact) mass is 533 g/mol. The molecule has 0 fully saturated rings. The fraction of sp³-hybridized carbons (Fsp3) is 0.214.